The molecule has 1 aromatic rings. The second-order valence-corrected chi connectivity index (χ2v) is 9.76. The standard InChI is InChI=1S/C23H40N4O3/c1-6-8-14-26(21(29)16-10-12-17(13-11-16)23(3,4)5)18-19(24)27(15-9-7-2)22(30)25-20(18)28/h16-17H,6-15,24H2,1-5H3,(H,25,28,30). The lowest BCUT2D eigenvalue weighted by atomic mass is 9.69. The molecule has 1 heterocycles. The number of nitrogens with one attached hydrogen (secondary N) is 1. The maximum Gasteiger partial charge on any atom is 0.330 e. The Morgan fingerprint density at radius 1 is 1.10 bits per heavy atom. The number of rotatable bonds is 8. The fraction of sp³-hybridized carbons (Fsp3) is 0.783. The largest absolute Gasteiger partial charge is 0.383 e. The van der Waals surface area contributed by atoms with E-state index in [0.29, 0.717) is 19.0 Å². The Hall–Kier alpha value is -2.05. The number of aromatic nitrogens is 2. The van der Waals surface area contributed by atoms with Crippen LogP contribution in [-0.4, -0.2) is 22.0 Å². The monoisotopic (exact) mass is 420 g/mol. The normalized spacial score (nSPS) is 19.6. The minimum absolute atomic E-state index is 0.0336. The molecule has 2 rings (SSSR count). The van der Waals surface area contributed by atoms with Gasteiger partial charge in [-0.25, -0.2) is 4.79 Å². The van der Waals surface area contributed by atoms with Crippen molar-refractivity contribution in [1.82, 2.24) is 9.55 Å². The van der Waals surface area contributed by atoms with E-state index in [9.17, 15) is 14.4 Å². The highest BCUT2D eigenvalue weighted by molar-refractivity contribution is 5.97. The molecule has 1 aliphatic rings. The first-order chi connectivity index (χ1) is 14.1. The van der Waals surface area contributed by atoms with Gasteiger partial charge in [0.2, 0.25) is 5.91 Å². The Balaban J connectivity index is 2.35. The van der Waals surface area contributed by atoms with E-state index < -0.39 is 11.2 Å². The molecule has 0 bridgehead atoms. The second kappa shape index (κ2) is 10.3. The van der Waals surface area contributed by atoms with Gasteiger partial charge in [0.15, 0.2) is 5.69 Å². The molecule has 0 unspecified atom stereocenters. The van der Waals surface area contributed by atoms with Gasteiger partial charge in [-0.15, -0.1) is 0 Å². The maximum atomic E-state index is 13.5. The first-order valence-corrected chi connectivity index (χ1v) is 11.6. The fourth-order valence-electron chi connectivity index (χ4n) is 4.45. The number of anilines is 2. The quantitative estimate of drug-likeness (QED) is 0.666. The molecule has 0 spiro atoms. The summed E-state index contributed by atoms with van der Waals surface area (Å²) in [4.78, 5) is 42.4. The highest BCUT2D eigenvalue weighted by Crippen LogP contribution is 2.40. The van der Waals surface area contributed by atoms with Crippen LogP contribution in [0.4, 0.5) is 11.5 Å². The molecule has 0 aliphatic heterocycles. The lowest BCUT2D eigenvalue weighted by molar-refractivity contribution is -0.124. The predicted molar refractivity (Wildman–Crippen MR) is 123 cm³/mol. The third-order valence-electron chi connectivity index (χ3n) is 6.52. The van der Waals surface area contributed by atoms with Crippen LogP contribution < -0.4 is 21.9 Å². The summed E-state index contributed by atoms with van der Waals surface area (Å²) in [6.07, 6.45) is 7.04. The van der Waals surface area contributed by atoms with E-state index >= 15 is 0 Å². The summed E-state index contributed by atoms with van der Waals surface area (Å²) in [6.45, 7) is 11.7. The van der Waals surface area contributed by atoms with Crippen molar-refractivity contribution in [2.24, 2.45) is 17.3 Å². The molecule has 170 valence electrons. The molecule has 0 saturated heterocycles. The van der Waals surface area contributed by atoms with Gasteiger partial charge in [0.05, 0.1) is 0 Å². The molecule has 1 aromatic heterocycles. The summed E-state index contributed by atoms with van der Waals surface area (Å²) in [5.74, 6) is 0.573. The number of hydrogen-bond donors (Lipinski definition) is 2. The van der Waals surface area contributed by atoms with E-state index in [2.05, 4.69) is 25.8 Å². The summed E-state index contributed by atoms with van der Waals surface area (Å²) in [6, 6.07) is 0. The Morgan fingerprint density at radius 3 is 2.23 bits per heavy atom. The van der Waals surface area contributed by atoms with E-state index in [1.807, 2.05) is 13.8 Å². The van der Waals surface area contributed by atoms with Crippen LogP contribution in [0.2, 0.25) is 0 Å². The van der Waals surface area contributed by atoms with Crippen molar-refractivity contribution in [1.29, 1.82) is 0 Å². The number of nitrogens with two attached hydrogens (primary N) is 1. The first kappa shape index (κ1) is 24.2. The van der Waals surface area contributed by atoms with E-state index in [1.165, 1.54) is 4.57 Å². The Morgan fingerprint density at radius 2 is 1.70 bits per heavy atom. The van der Waals surface area contributed by atoms with Gasteiger partial charge in [-0.3, -0.25) is 19.1 Å². The van der Waals surface area contributed by atoms with Crippen molar-refractivity contribution in [2.45, 2.75) is 92.5 Å². The van der Waals surface area contributed by atoms with Crippen LogP contribution in [0.5, 0.6) is 0 Å². The van der Waals surface area contributed by atoms with Gasteiger partial charge in [0.25, 0.3) is 5.56 Å². The number of nitrogen functional groups attached to an aromatic ring is 1. The predicted octanol–water partition coefficient (Wildman–Crippen LogP) is 3.90. The fourth-order valence-corrected chi connectivity index (χ4v) is 4.45. The van der Waals surface area contributed by atoms with Crippen molar-refractivity contribution in [3.05, 3.63) is 20.8 Å². The highest BCUT2D eigenvalue weighted by atomic mass is 16.2. The molecule has 0 radical (unpaired) electrons. The van der Waals surface area contributed by atoms with Gasteiger partial charge in [-0.05, 0) is 49.9 Å². The van der Waals surface area contributed by atoms with Crippen molar-refractivity contribution in [2.75, 3.05) is 17.2 Å². The number of unbranched alkanes of at least 4 members (excludes halogenated alkanes) is 2. The van der Waals surface area contributed by atoms with Gasteiger partial charge in [0, 0.05) is 19.0 Å². The number of amides is 1. The number of carbonyl (C=O) groups excluding carboxylic acids is 1. The molecular formula is C23H40N4O3. The van der Waals surface area contributed by atoms with Gasteiger partial charge >= 0.3 is 5.69 Å². The van der Waals surface area contributed by atoms with Crippen molar-refractivity contribution >= 4 is 17.4 Å². The minimum atomic E-state index is -0.571. The van der Waals surface area contributed by atoms with Crippen molar-refractivity contribution in [3.8, 4) is 0 Å². The lowest BCUT2D eigenvalue weighted by Crippen LogP contribution is -2.45. The molecule has 30 heavy (non-hydrogen) atoms. The molecule has 1 amide bonds. The van der Waals surface area contributed by atoms with E-state index in [4.69, 9.17) is 5.73 Å². The average Bonchev–Trinajstić information content (AvgIpc) is 2.69. The topological polar surface area (TPSA) is 101 Å². The molecular weight excluding hydrogens is 380 g/mol. The summed E-state index contributed by atoms with van der Waals surface area (Å²) >= 11 is 0. The van der Waals surface area contributed by atoms with Crippen LogP contribution >= 0.6 is 0 Å². The van der Waals surface area contributed by atoms with Crippen LogP contribution in [0.15, 0.2) is 9.59 Å². The van der Waals surface area contributed by atoms with Crippen molar-refractivity contribution < 1.29 is 4.79 Å². The Kier molecular flexibility index (Phi) is 8.33. The second-order valence-electron chi connectivity index (χ2n) is 9.76. The molecule has 0 atom stereocenters. The lowest BCUT2D eigenvalue weighted by Gasteiger charge is -2.38. The smallest absolute Gasteiger partial charge is 0.330 e. The Labute approximate surface area is 180 Å². The van der Waals surface area contributed by atoms with Gasteiger partial charge in [-0.2, -0.15) is 0 Å². The molecule has 7 heteroatoms. The van der Waals surface area contributed by atoms with Crippen LogP contribution in [0, 0.1) is 17.3 Å². The van der Waals surface area contributed by atoms with Crippen LogP contribution in [0.1, 0.15) is 86.0 Å². The van der Waals surface area contributed by atoms with Crippen LogP contribution in [0.3, 0.4) is 0 Å². The zero-order chi connectivity index (χ0) is 22.5. The summed E-state index contributed by atoms with van der Waals surface area (Å²) in [5.41, 5.74) is 5.60. The number of aromatic amines is 1. The number of nitrogens with zero attached hydrogens (tertiary/aromatic N) is 2. The van der Waals surface area contributed by atoms with E-state index in [-0.39, 0.29) is 28.7 Å². The molecule has 1 saturated carbocycles. The van der Waals surface area contributed by atoms with Gasteiger partial charge < -0.3 is 10.6 Å². The molecule has 1 aliphatic carbocycles. The van der Waals surface area contributed by atoms with Crippen LogP contribution in [-0.2, 0) is 11.3 Å². The van der Waals surface area contributed by atoms with Crippen LogP contribution in [0.25, 0.3) is 0 Å². The molecule has 1 fully saturated rings. The van der Waals surface area contributed by atoms with Gasteiger partial charge in [-0.1, -0.05) is 47.5 Å². The molecule has 7 nitrogen and oxygen atoms in total. The zero-order valence-electron chi connectivity index (χ0n) is 19.4. The Bertz CT molecular complexity index is 826. The molecule has 0 aromatic carbocycles. The minimum Gasteiger partial charge on any atom is -0.383 e. The highest BCUT2D eigenvalue weighted by Gasteiger charge is 2.35. The zero-order valence-corrected chi connectivity index (χ0v) is 19.4. The number of H-pyrrole nitrogens is 1. The summed E-state index contributed by atoms with van der Waals surface area (Å²) in [7, 11) is 0. The summed E-state index contributed by atoms with van der Waals surface area (Å²) in [5, 5.41) is 0. The molecule has 3 N–H and O–H groups in total. The maximum absolute atomic E-state index is 13.5. The third-order valence-corrected chi connectivity index (χ3v) is 6.52. The first-order valence-electron chi connectivity index (χ1n) is 11.6. The number of carbonyl (C=O) groups is 1. The average molecular weight is 421 g/mol. The van der Waals surface area contributed by atoms with E-state index in [1.54, 1.807) is 4.90 Å². The number of hydrogen-bond acceptors (Lipinski definition) is 4. The van der Waals surface area contributed by atoms with Gasteiger partial charge in [0.1, 0.15) is 5.82 Å². The summed E-state index contributed by atoms with van der Waals surface area (Å²) < 4.78 is 1.39. The van der Waals surface area contributed by atoms with E-state index in [0.717, 1.165) is 51.4 Å². The van der Waals surface area contributed by atoms with Crippen molar-refractivity contribution in [3.63, 3.8) is 0 Å². The SMILES string of the molecule is CCCCN(C(=O)C1CCC(C(C)(C)C)CC1)c1c(N)n(CCCC)c(=O)[nH]c1=O. The third kappa shape index (κ3) is 5.55.